The number of hydrogen-bond acceptors (Lipinski definition) is 5. The van der Waals surface area contributed by atoms with E-state index in [0.29, 0.717) is 0 Å². The predicted molar refractivity (Wildman–Crippen MR) is 59.9 cm³/mol. The van der Waals surface area contributed by atoms with Crippen molar-refractivity contribution in [1.29, 1.82) is 0 Å². The van der Waals surface area contributed by atoms with Gasteiger partial charge >= 0.3 is 5.97 Å². The Morgan fingerprint density at radius 3 is 2.61 bits per heavy atom. The third kappa shape index (κ3) is 3.76. The molecule has 1 rings (SSSR count). The zero-order valence-electron chi connectivity index (χ0n) is 9.55. The van der Waals surface area contributed by atoms with E-state index in [1.54, 1.807) is 0 Å². The van der Waals surface area contributed by atoms with Gasteiger partial charge in [-0.3, -0.25) is 0 Å². The van der Waals surface area contributed by atoms with E-state index in [2.05, 4.69) is 9.47 Å². The summed E-state index contributed by atoms with van der Waals surface area (Å²) in [5, 5.41) is 4.88. The Kier molecular flexibility index (Phi) is 4.76. The standard InChI is InChI=1S/C10H12FNO5S/c1-16-4-5-17-10(13)8-6-7(18(12,14)15)2-3-9(8)11/h2-3,6H,4-5H2,1H3,(H2,12,14,15). The van der Waals surface area contributed by atoms with Crippen LogP contribution in [-0.4, -0.2) is 34.7 Å². The molecule has 0 aliphatic carbocycles. The van der Waals surface area contributed by atoms with E-state index in [-0.39, 0.29) is 18.1 Å². The molecule has 6 nitrogen and oxygen atoms in total. The van der Waals surface area contributed by atoms with Crippen LogP contribution in [0.15, 0.2) is 23.1 Å². The second kappa shape index (κ2) is 5.89. The lowest BCUT2D eigenvalue weighted by atomic mass is 10.2. The maximum absolute atomic E-state index is 13.3. The molecule has 0 unspecified atom stereocenters. The van der Waals surface area contributed by atoms with Crippen molar-refractivity contribution < 1.29 is 27.1 Å². The first kappa shape index (κ1) is 14.6. The summed E-state index contributed by atoms with van der Waals surface area (Å²) < 4.78 is 44.8. The molecule has 1 aromatic rings. The molecular formula is C10H12FNO5S. The molecule has 0 spiro atoms. The maximum Gasteiger partial charge on any atom is 0.341 e. The molecule has 0 aliphatic heterocycles. The fraction of sp³-hybridized carbons (Fsp3) is 0.300. The number of esters is 1. The smallest absolute Gasteiger partial charge is 0.341 e. The molecule has 0 saturated heterocycles. The molecule has 0 heterocycles. The minimum Gasteiger partial charge on any atom is -0.460 e. The third-order valence-electron chi connectivity index (χ3n) is 2.01. The lowest BCUT2D eigenvalue weighted by Gasteiger charge is -2.06. The van der Waals surface area contributed by atoms with E-state index < -0.39 is 27.4 Å². The van der Waals surface area contributed by atoms with E-state index in [1.807, 2.05) is 0 Å². The van der Waals surface area contributed by atoms with Gasteiger partial charge in [0.2, 0.25) is 10.0 Å². The molecule has 0 aromatic heterocycles. The number of halogens is 1. The summed E-state index contributed by atoms with van der Waals surface area (Å²) in [6.07, 6.45) is 0. The van der Waals surface area contributed by atoms with E-state index in [1.165, 1.54) is 7.11 Å². The fourth-order valence-corrected chi connectivity index (χ4v) is 1.67. The summed E-state index contributed by atoms with van der Waals surface area (Å²) in [6.45, 7) is 0.0939. The van der Waals surface area contributed by atoms with E-state index in [4.69, 9.17) is 5.14 Å². The summed E-state index contributed by atoms with van der Waals surface area (Å²) in [5.41, 5.74) is -0.488. The van der Waals surface area contributed by atoms with Gasteiger partial charge in [-0.15, -0.1) is 0 Å². The van der Waals surface area contributed by atoms with Crippen molar-refractivity contribution in [3.63, 3.8) is 0 Å². The average molecular weight is 277 g/mol. The SMILES string of the molecule is COCCOC(=O)c1cc(S(N)(=O)=O)ccc1F. The van der Waals surface area contributed by atoms with Crippen LogP contribution in [0.1, 0.15) is 10.4 Å². The molecule has 2 N–H and O–H groups in total. The number of sulfonamides is 1. The highest BCUT2D eigenvalue weighted by Crippen LogP contribution is 2.15. The number of nitrogens with two attached hydrogens (primary N) is 1. The lowest BCUT2D eigenvalue weighted by Crippen LogP contribution is -2.15. The molecular weight excluding hydrogens is 265 g/mol. The van der Waals surface area contributed by atoms with Crippen LogP contribution in [0, 0.1) is 5.82 Å². The van der Waals surface area contributed by atoms with Gasteiger partial charge in [0.1, 0.15) is 12.4 Å². The molecule has 0 aliphatic rings. The monoisotopic (exact) mass is 277 g/mol. The first-order chi connectivity index (χ1) is 8.36. The van der Waals surface area contributed by atoms with Crippen LogP contribution in [0.25, 0.3) is 0 Å². The second-order valence-corrected chi connectivity index (χ2v) is 4.88. The summed E-state index contributed by atoms with van der Waals surface area (Å²) in [5.74, 6) is -1.86. The number of hydrogen-bond donors (Lipinski definition) is 1. The van der Waals surface area contributed by atoms with Crippen molar-refractivity contribution >= 4 is 16.0 Å². The molecule has 0 fully saturated rings. The highest BCUT2D eigenvalue weighted by Gasteiger charge is 2.17. The summed E-state index contributed by atoms with van der Waals surface area (Å²) in [4.78, 5) is 11.1. The number of methoxy groups -OCH3 is 1. The zero-order valence-corrected chi connectivity index (χ0v) is 10.4. The topological polar surface area (TPSA) is 95.7 Å². The predicted octanol–water partition coefficient (Wildman–Crippen LogP) is 0.276. The molecule has 0 bridgehead atoms. The Balaban J connectivity index is 2.97. The minimum atomic E-state index is -4.00. The van der Waals surface area contributed by atoms with Gasteiger partial charge in [0.15, 0.2) is 0 Å². The summed E-state index contributed by atoms with van der Waals surface area (Å²) in [6, 6.07) is 2.64. The van der Waals surface area contributed by atoms with Crippen molar-refractivity contribution in [2.24, 2.45) is 5.14 Å². The van der Waals surface area contributed by atoms with Gasteiger partial charge in [-0.25, -0.2) is 22.7 Å². The minimum absolute atomic E-state index is 0.0611. The average Bonchev–Trinajstić information content (AvgIpc) is 2.28. The Bertz CT molecular complexity index is 543. The van der Waals surface area contributed by atoms with Crippen LogP contribution in [-0.2, 0) is 19.5 Å². The van der Waals surface area contributed by atoms with E-state index >= 15 is 0 Å². The Morgan fingerprint density at radius 2 is 2.06 bits per heavy atom. The van der Waals surface area contributed by atoms with Gasteiger partial charge in [0.25, 0.3) is 0 Å². The van der Waals surface area contributed by atoms with Crippen molar-refractivity contribution in [1.82, 2.24) is 0 Å². The molecule has 0 saturated carbocycles. The van der Waals surface area contributed by atoms with E-state index in [9.17, 15) is 17.6 Å². The van der Waals surface area contributed by atoms with Gasteiger partial charge in [-0.05, 0) is 18.2 Å². The Labute approximate surface area is 104 Å². The molecule has 0 amide bonds. The second-order valence-electron chi connectivity index (χ2n) is 3.32. The molecule has 0 radical (unpaired) electrons. The van der Waals surface area contributed by atoms with Gasteiger partial charge in [-0.2, -0.15) is 0 Å². The maximum atomic E-state index is 13.3. The molecule has 1 aromatic carbocycles. The highest BCUT2D eigenvalue weighted by molar-refractivity contribution is 7.89. The van der Waals surface area contributed by atoms with Crippen LogP contribution in [0.5, 0.6) is 0 Å². The van der Waals surface area contributed by atoms with Crippen LogP contribution in [0.3, 0.4) is 0 Å². The number of carbonyl (C=O) groups excluding carboxylic acids is 1. The van der Waals surface area contributed by atoms with Gasteiger partial charge in [0, 0.05) is 7.11 Å². The number of carbonyl (C=O) groups is 1. The Hall–Kier alpha value is -1.51. The van der Waals surface area contributed by atoms with Crippen LogP contribution < -0.4 is 5.14 Å². The molecule has 100 valence electrons. The van der Waals surface area contributed by atoms with E-state index in [0.717, 1.165) is 18.2 Å². The summed E-state index contributed by atoms with van der Waals surface area (Å²) in [7, 11) is -2.59. The van der Waals surface area contributed by atoms with Crippen molar-refractivity contribution in [2.75, 3.05) is 20.3 Å². The third-order valence-corrected chi connectivity index (χ3v) is 2.92. The summed E-state index contributed by atoms with van der Waals surface area (Å²) >= 11 is 0. The number of ether oxygens (including phenoxy) is 2. The van der Waals surface area contributed by atoms with Crippen molar-refractivity contribution in [2.45, 2.75) is 4.90 Å². The van der Waals surface area contributed by atoms with Gasteiger partial charge in [-0.1, -0.05) is 0 Å². The van der Waals surface area contributed by atoms with Gasteiger partial charge in [0.05, 0.1) is 17.1 Å². The number of benzene rings is 1. The molecule has 8 heteroatoms. The lowest BCUT2D eigenvalue weighted by molar-refractivity contribution is 0.0383. The number of primary sulfonamides is 1. The van der Waals surface area contributed by atoms with Crippen LogP contribution >= 0.6 is 0 Å². The largest absolute Gasteiger partial charge is 0.460 e. The van der Waals surface area contributed by atoms with Crippen LogP contribution in [0.4, 0.5) is 4.39 Å². The molecule has 18 heavy (non-hydrogen) atoms. The van der Waals surface area contributed by atoms with Crippen molar-refractivity contribution in [3.05, 3.63) is 29.6 Å². The first-order valence-electron chi connectivity index (χ1n) is 4.84. The van der Waals surface area contributed by atoms with Crippen molar-refractivity contribution in [3.8, 4) is 0 Å². The zero-order chi connectivity index (χ0) is 13.8. The molecule has 0 atom stereocenters. The Morgan fingerprint density at radius 1 is 1.39 bits per heavy atom. The van der Waals surface area contributed by atoms with Crippen LogP contribution in [0.2, 0.25) is 0 Å². The fourth-order valence-electron chi connectivity index (χ4n) is 1.13. The first-order valence-corrected chi connectivity index (χ1v) is 6.39. The normalized spacial score (nSPS) is 11.3. The quantitative estimate of drug-likeness (QED) is 0.616. The number of rotatable bonds is 5. The van der Waals surface area contributed by atoms with Gasteiger partial charge < -0.3 is 9.47 Å². The highest BCUT2D eigenvalue weighted by atomic mass is 32.2.